The van der Waals surface area contributed by atoms with Gasteiger partial charge in [0.25, 0.3) is 0 Å². The van der Waals surface area contributed by atoms with E-state index >= 15 is 0 Å². The average molecular weight is 303 g/mol. The molecular formula is C16H21N3OS. The first-order valence-electron chi connectivity index (χ1n) is 7.75. The zero-order valence-electron chi connectivity index (χ0n) is 12.2. The van der Waals surface area contributed by atoms with E-state index in [1.807, 2.05) is 0 Å². The Balaban J connectivity index is 1.76. The third kappa shape index (κ3) is 2.97. The maximum absolute atomic E-state index is 12.2. The lowest BCUT2D eigenvalue weighted by Crippen LogP contribution is -2.48. The number of nitrogens with zero attached hydrogens (tertiary/aromatic N) is 1. The molecule has 1 heterocycles. The van der Waals surface area contributed by atoms with Gasteiger partial charge in [-0.15, -0.1) is 11.3 Å². The smallest absolute Gasteiger partial charge is 0.226 e. The highest BCUT2D eigenvalue weighted by atomic mass is 32.1. The summed E-state index contributed by atoms with van der Waals surface area (Å²) in [4.78, 5) is 13.5. The van der Waals surface area contributed by atoms with E-state index in [2.05, 4.69) is 11.4 Å². The van der Waals surface area contributed by atoms with Crippen LogP contribution in [0.25, 0.3) is 0 Å². The summed E-state index contributed by atoms with van der Waals surface area (Å²) in [5.74, 6) is -0.0508. The Kier molecular flexibility index (Phi) is 4.01. The van der Waals surface area contributed by atoms with Crippen LogP contribution in [0.15, 0.2) is 0 Å². The van der Waals surface area contributed by atoms with Crippen molar-refractivity contribution in [3.63, 3.8) is 0 Å². The van der Waals surface area contributed by atoms with Gasteiger partial charge in [0.1, 0.15) is 11.1 Å². The second kappa shape index (κ2) is 5.78. The average Bonchev–Trinajstić information content (AvgIpc) is 2.58. The normalized spacial score (nSPS) is 19.8. The molecule has 1 aromatic heterocycles. The highest BCUT2D eigenvalue weighted by molar-refractivity contribution is 7.16. The fourth-order valence-corrected chi connectivity index (χ4v) is 4.50. The maximum atomic E-state index is 12.2. The van der Waals surface area contributed by atoms with Crippen LogP contribution < -0.4 is 11.1 Å². The van der Waals surface area contributed by atoms with Crippen LogP contribution in [-0.2, 0) is 17.6 Å². The third-order valence-electron chi connectivity index (χ3n) is 4.65. The van der Waals surface area contributed by atoms with Gasteiger partial charge in [0.05, 0.1) is 5.56 Å². The second-order valence-electron chi connectivity index (χ2n) is 6.32. The summed E-state index contributed by atoms with van der Waals surface area (Å²) >= 11 is 1.58. The van der Waals surface area contributed by atoms with E-state index in [4.69, 9.17) is 5.73 Å². The van der Waals surface area contributed by atoms with E-state index in [1.165, 1.54) is 23.3 Å². The van der Waals surface area contributed by atoms with Gasteiger partial charge in [-0.3, -0.25) is 4.79 Å². The molecule has 112 valence electrons. The first-order chi connectivity index (χ1) is 10.1. The van der Waals surface area contributed by atoms with Crippen molar-refractivity contribution in [3.05, 3.63) is 16.0 Å². The number of amides is 1. The summed E-state index contributed by atoms with van der Waals surface area (Å²) in [5.41, 5.74) is 7.66. The number of hydrogen-bond acceptors (Lipinski definition) is 4. The first-order valence-corrected chi connectivity index (χ1v) is 8.56. The van der Waals surface area contributed by atoms with Gasteiger partial charge in [0.2, 0.25) is 5.91 Å². The zero-order chi connectivity index (χ0) is 14.9. The quantitative estimate of drug-likeness (QED) is 0.842. The van der Waals surface area contributed by atoms with Crippen molar-refractivity contribution >= 4 is 22.2 Å². The number of rotatable bonds is 3. The van der Waals surface area contributed by atoms with Crippen molar-refractivity contribution in [2.24, 2.45) is 5.73 Å². The lowest BCUT2D eigenvalue weighted by atomic mass is 9.75. The predicted octanol–water partition coefficient (Wildman–Crippen LogP) is 3.10. The fraction of sp³-hybridized carbons (Fsp3) is 0.625. The lowest BCUT2D eigenvalue weighted by Gasteiger charge is -2.37. The van der Waals surface area contributed by atoms with E-state index in [9.17, 15) is 10.1 Å². The lowest BCUT2D eigenvalue weighted by molar-refractivity contribution is -0.118. The summed E-state index contributed by atoms with van der Waals surface area (Å²) in [6.07, 6.45) is 8.86. The molecule has 0 bridgehead atoms. The SMILES string of the molecule is N#Cc1c(NC(=O)CC2(N)CCC2)sc2c1CCCCC2. The molecule has 0 unspecified atom stereocenters. The molecule has 4 nitrogen and oxygen atoms in total. The van der Waals surface area contributed by atoms with Crippen LogP contribution >= 0.6 is 11.3 Å². The number of hydrogen-bond donors (Lipinski definition) is 2. The summed E-state index contributed by atoms with van der Waals surface area (Å²) in [7, 11) is 0. The minimum absolute atomic E-state index is 0.0508. The van der Waals surface area contributed by atoms with E-state index in [0.717, 1.165) is 43.5 Å². The number of aryl methyl sites for hydroxylation is 1. The van der Waals surface area contributed by atoms with Crippen LogP contribution in [0, 0.1) is 11.3 Å². The van der Waals surface area contributed by atoms with Gasteiger partial charge in [-0.2, -0.15) is 5.26 Å². The summed E-state index contributed by atoms with van der Waals surface area (Å²) in [6, 6.07) is 2.29. The monoisotopic (exact) mass is 303 g/mol. The van der Waals surface area contributed by atoms with Gasteiger partial charge in [-0.1, -0.05) is 6.42 Å². The number of nitrogens with two attached hydrogens (primary N) is 1. The van der Waals surface area contributed by atoms with Crippen molar-refractivity contribution in [3.8, 4) is 6.07 Å². The molecule has 0 radical (unpaired) electrons. The molecule has 0 spiro atoms. The van der Waals surface area contributed by atoms with Crippen molar-refractivity contribution < 1.29 is 4.79 Å². The molecule has 3 N–H and O–H groups in total. The Hall–Kier alpha value is -1.38. The van der Waals surface area contributed by atoms with Gasteiger partial charge in [0, 0.05) is 16.8 Å². The van der Waals surface area contributed by atoms with Crippen LogP contribution in [0.2, 0.25) is 0 Å². The second-order valence-corrected chi connectivity index (χ2v) is 7.43. The van der Waals surface area contributed by atoms with Crippen LogP contribution in [-0.4, -0.2) is 11.4 Å². The van der Waals surface area contributed by atoms with Crippen molar-refractivity contribution in [2.45, 2.75) is 63.3 Å². The molecule has 1 saturated carbocycles. The maximum Gasteiger partial charge on any atom is 0.226 e. The summed E-state index contributed by atoms with van der Waals surface area (Å²) < 4.78 is 0. The molecule has 1 amide bonds. The largest absolute Gasteiger partial charge is 0.325 e. The minimum Gasteiger partial charge on any atom is -0.325 e. The molecule has 21 heavy (non-hydrogen) atoms. The van der Waals surface area contributed by atoms with Gasteiger partial charge in [-0.05, 0) is 50.5 Å². The van der Waals surface area contributed by atoms with Gasteiger partial charge >= 0.3 is 0 Å². The Labute approximate surface area is 129 Å². The molecule has 2 aliphatic carbocycles. The van der Waals surface area contributed by atoms with E-state index in [0.29, 0.717) is 12.0 Å². The molecule has 0 saturated heterocycles. The Morgan fingerprint density at radius 3 is 2.71 bits per heavy atom. The van der Waals surface area contributed by atoms with Gasteiger partial charge < -0.3 is 11.1 Å². The Bertz CT molecular complexity index is 595. The highest BCUT2D eigenvalue weighted by Crippen LogP contribution is 2.38. The number of nitrogens with one attached hydrogen (secondary N) is 1. The van der Waals surface area contributed by atoms with Crippen LogP contribution in [0.4, 0.5) is 5.00 Å². The van der Waals surface area contributed by atoms with Gasteiger partial charge in [0.15, 0.2) is 0 Å². The van der Waals surface area contributed by atoms with Crippen molar-refractivity contribution in [1.82, 2.24) is 0 Å². The first kappa shape index (κ1) is 14.6. The Morgan fingerprint density at radius 2 is 2.05 bits per heavy atom. The zero-order valence-corrected chi connectivity index (χ0v) is 13.0. The van der Waals surface area contributed by atoms with E-state index in [-0.39, 0.29) is 11.4 Å². The summed E-state index contributed by atoms with van der Waals surface area (Å²) in [6.45, 7) is 0. The van der Waals surface area contributed by atoms with Gasteiger partial charge in [-0.25, -0.2) is 0 Å². The molecule has 2 aliphatic rings. The number of nitriles is 1. The highest BCUT2D eigenvalue weighted by Gasteiger charge is 2.35. The van der Waals surface area contributed by atoms with Crippen molar-refractivity contribution in [1.29, 1.82) is 5.26 Å². The number of carbonyl (C=O) groups is 1. The van der Waals surface area contributed by atoms with E-state index < -0.39 is 0 Å². The molecule has 1 aromatic rings. The molecule has 5 heteroatoms. The molecule has 0 aliphatic heterocycles. The predicted molar refractivity (Wildman–Crippen MR) is 84.3 cm³/mol. The summed E-state index contributed by atoms with van der Waals surface area (Å²) in [5, 5.41) is 13.1. The van der Waals surface area contributed by atoms with E-state index in [1.54, 1.807) is 11.3 Å². The fourth-order valence-electron chi connectivity index (χ4n) is 3.25. The Morgan fingerprint density at radius 1 is 1.29 bits per heavy atom. The third-order valence-corrected chi connectivity index (χ3v) is 5.86. The molecule has 0 atom stereocenters. The number of anilines is 1. The molecule has 1 fully saturated rings. The van der Waals surface area contributed by atoms with Crippen LogP contribution in [0.3, 0.4) is 0 Å². The number of fused-ring (bicyclic) bond motifs is 1. The molecule has 3 rings (SSSR count). The van der Waals surface area contributed by atoms with Crippen molar-refractivity contribution in [2.75, 3.05) is 5.32 Å². The topological polar surface area (TPSA) is 78.9 Å². The van der Waals surface area contributed by atoms with Crippen LogP contribution in [0.1, 0.15) is 60.9 Å². The minimum atomic E-state index is -0.314. The van der Waals surface area contributed by atoms with Crippen LogP contribution in [0.5, 0.6) is 0 Å². The standard InChI is InChI=1S/C16H21N3OS/c17-10-12-11-5-2-1-3-6-13(11)21-15(12)19-14(20)9-16(18)7-4-8-16/h1-9,18H2,(H,19,20). The number of carbonyl (C=O) groups excluding carboxylic acids is 1. The molecular weight excluding hydrogens is 282 g/mol. The molecule has 0 aromatic carbocycles. The number of thiophene rings is 1.